The van der Waals surface area contributed by atoms with Crippen molar-refractivity contribution in [2.24, 2.45) is 0 Å². The molecule has 26 heavy (non-hydrogen) atoms. The Labute approximate surface area is 156 Å². The Morgan fingerprint density at radius 3 is 2.15 bits per heavy atom. The summed E-state index contributed by atoms with van der Waals surface area (Å²) in [6.07, 6.45) is 6.62. The number of ether oxygens (including phenoxy) is 2. The van der Waals surface area contributed by atoms with E-state index in [0.717, 1.165) is 18.4 Å². The van der Waals surface area contributed by atoms with Gasteiger partial charge >= 0.3 is 0 Å². The van der Waals surface area contributed by atoms with E-state index in [9.17, 15) is 9.59 Å². The van der Waals surface area contributed by atoms with Crippen molar-refractivity contribution in [2.45, 2.75) is 65.5 Å². The van der Waals surface area contributed by atoms with Crippen molar-refractivity contribution in [3.8, 4) is 11.5 Å². The summed E-state index contributed by atoms with van der Waals surface area (Å²) >= 11 is 0. The summed E-state index contributed by atoms with van der Waals surface area (Å²) in [6, 6.07) is 5.39. The van der Waals surface area contributed by atoms with Crippen LogP contribution in [0.25, 0.3) is 0 Å². The van der Waals surface area contributed by atoms with E-state index < -0.39 is 6.17 Å². The Morgan fingerprint density at radius 2 is 1.58 bits per heavy atom. The fourth-order valence-electron chi connectivity index (χ4n) is 2.66. The van der Waals surface area contributed by atoms with E-state index in [1.165, 1.54) is 39.5 Å². The summed E-state index contributed by atoms with van der Waals surface area (Å²) in [4.78, 5) is 22.8. The minimum atomic E-state index is -0.605. The van der Waals surface area contributed by atoms with E-state index in [1.54, 1.807) is 13.2 Å². The largest absolute Gasteiger partial charge is 0.493 e. The van der Waals surface area contributed by atoms with Gasteiger partial charge in [-0.1, -0.05) is 45.1 Å². The minimum absolute atomic E-state index is 0.230. The van der Waals surface area contributed by atoms with Crippen LogP contribution < -0.4 is 20.1 Å². The second-order valence-corrected chi connectivity index (χ2v) is 6.36. The third-order valence-electron chi connectivity index (χ3n) is 3.97. The number of carbonyl (C=O) groups is 2. The Bertz CT molecular complexity index is 559. The molecule has 0 aliphatic rings. The van der Waals surface area contributed by atoms with Gasteiger partial charge in [-0.05, 0) is 24.1 Å². The predicted octanol–water partition coefficient (Wildman–Crippen LogP) is 3.71. The molecule has 146 valence electrons. The predicted molar refractivity (Wildman–Crippen MR) is 102 cm³/mol. The first kappa shape index (κ1) is 21.8. The zero-order chi connectivity index (χ0) is 19.4. The van der Waals surface area contributed by atoms with E-state index >= 15 is 0 Å². The first-order valence-corrected chi connectivity index (χ1v) is 9.32. The van der Waals surface area contributed by atoms with E-state index in [-0.39, 0.29) is 11.8 Å². The van der Waals surface area contributed by atoms with Crippen molar-refractivity contribution in [3.05, 3.63) is 23.8 Å². The summed E-state index contributed by atoms with van der Waals surface area (Å²) in [5.41, 5.74) is 0.721. The van der Waals surface area contributed by atoms with E-state index in [2.05, 4.69) is 17.6 Å². The summed E-state index contributed by atoms with van der Waals surface area (Å²) in [6.45, 7) is 5.66. The Morgan fingerprint density at radius 1 is 0.962 bits per heavy atom. The van der Waals surface area contributed by atoms with Gasteiger partial charge in [-0.25, -0.2) is 0 Å². The molecule has 1 aromatic rings. The number of methoxy groups -OCH3 is 1. The van der Waals surface area contributed by atoms with E-state index in [4.69, 9.17) is 9.47 Å². The highest BCUT2D eigenvalue weighted by atomic mass is 16.5. The molecule has 0 atom stereocenters. The standard InChI is InChI=1S/C20H32N2O4/c1-5-6-7-8-9-10-13-26-18-12-11-17(14-19(18)25-4)20(21-15(2)23)22-16(3)24/h11-12,14,20H,5-10,13H2,1-4H3,(H,21,23)(H,22,24). The molecule has 6 nitrogen and oxygen atoms in total. The monoisotopic (exact) mass is 364 g/mol. The summed E-state index contributed by atoms with van der Waals surface area (Å²) in [5.74, 6) is 0.778. The van der Waals surface area contributed by atoms with Gasteiger partial charge in [0.15, 0.2) is 11.5 Å². The normalized spacial score (nSPS) is 10.5. The van der Waals surface area contributed by atoms with Crippen LogP contribution in [0.1, 0.15) is 71.0 Å². The van der Waals surface area contributed by atoms with Gasteiger partial charge in [0.25, 0.3) is 0 Å². The highest BCUT2D eigenvalue weighted by molar-refractivity contribution is 5.76. The third-order valence-corrected chi connectivity index (χ3v) is 3.97. The van der Waals surface area contributed by atoms with Gasteiger partial charge in [-0.15, -0.1) is 0 Å². The zero-order valence-electron chi connectivity index (χ0n) is 16.4. The number of carbonyl (C=O) groups excluding carboxylic acids is 2. The van der Waals surface area contributed by atoms with Gasteiger partial charge < -0.3 is 20.1 Å². The number of benzene rings is 1. The first-order valence-electron chi connectivity index (χ1n) is 9.32. The molecule has 0 heterocycles. The molecule has 0 bridgehead atoms. The zero-order valence-corrected chi connectivity index (χ0v) is 16.4. The van der Waals surface area contributed by atoms with Crippen molar-refractivity contribution >= 4 is 11.8 Å². The molecular weight excluding hydrogens is 332 g/mol. The molecule has 2 N–H and O–H groups in total. The molecule has 1 rings (SSSR count). The second-order valence-electron chi connectivity index (χ2n) is 6.36. The van der Waals surface area contributed by atoms with Crippen molar-refractivity contribution in [1.82, 2.24) is 10.6 Å². The average Bonchev–Trinajstić information content (AvgIpc) is 2.59. The number of hydrogen-bond donors (Lipinski definition) is 2. The summed E-state index contributed by atoms with van der Waals surface area (Å²) < 4.78 is 11.2. The van der Waals surface area contributed by atoms with Crippen LogP contribution in [0.5, 0.6) is 11.5 Å². The molecule has 0 aliphatic heterocycles. The molecule has 0 aliphatic carbocycles. The maximum absolute atomic E-state index is 11.4. The van der Waals surface area contributed by atoms with Crippen molar-refractivity contribution in [3.63, 3.8) is 0 Å². The van der Waals surface area contributed by atoms with Crippen molar-refractivity contribution in [1.29, 1.82) is 0 Å². The van der Waals surface area contributed by atoms with E-state index in [1.807, 2.05) is 12.1 Å². The Balaban J connectivity index is 2.66. The molecule has 2 amide bonds. The molecule has 1 aromatic carbocycles. The van der Waals surface area contributed by atoms with Gasteiger partial charge in [-0.3, -0.25) is 9.59 Å². The molecule has 0 radical (unpaired) electrons. The SMILES string of the molecule is CCCCCCCCOc1ccc(C(NC(C)=O)NC(C)=O)cc1OC. The smallest absolute Gasteiger partial charge is 0.218 e. The van der Waals surface area contributed by atoms with Crippen LogP contribution in [0.4, 0.5) is 0 Å². The lowest BCUT2D eigenvalue weighted by molar-refractivity contribution is -0.122. The van der Waals surface area contributed by atoms with Crippen LogP contribution in [-0.2, 0) is 9.59 Å². The number of hydrogen-bond acceptors (Lipinski definition) is 4. The number of rotatable bonds is 12. The first-order chi connectivity index (χ1) is 12.5. The van der Waals surface area contributed by atoms with E-state index in [0.29, 0.717) is 18.1 Å². The third kappa shape index (κ3) is 8.23. The van der Waals surface area contributed by atoms with Crippen LogP contribution in [-0.4, -0.2) is 25.5 Å². The second kappa shape index (κ2) is 12.2. The van der Waals surface area contributed by atoms with Crippen LogP contribution in [0.2, 0.25) is 0 Å². The van der Waals surface area contributed by atoms with Crippen LogP contribution in [0.3, 0.4) is 0 Å². The molecular formula is C20H32N2O4. The highest BCUT2D eigenvalue weighted by Gasteiger charge is 2.16. The molecule has 0 saturated heterocycles. The van der Waals surface area contributed by atoms with Gasteiger partial charge in [-0.2, -0.15) is 0 Å². The molecule has 6 heteroatoms. The maximum Gasteiger partial charge on any atom is 0.218 e. The molecule has 0 spiro atoms. The van der Waals surface area contributed by atoms with Gasteiger partial charge in [0.1, 0.15) is 6.17 Å². The fourth-order valence-corrected chi connectivity index (χ4v) is 2.66. The lowest BCUT2D eigenvalue weighted by Gasteiger charge is -2.20. The Hall–Kier alpha value is -2.24. The van der Waals surface area contributed by atoms with Crippen molar-refractivity contribution in [2.75, 3.05) is 13.7 Å². The average molecular weight is 364 g/mol. The number of nitrogens with one attached hydrogen (secondary N) is 2. The molecule has 0 unspecified atom stereocenters. The van der Waals surface area contributed by atoms with Crippen LogP contribution >= 0.6 is 0 Å². The minimum Gasteiger partial charge on any atom is -0.493 e. The molecule has 0 fully saturated rings. The van der Waals surface area contributed by atoms with Gasteiger partial charge in [0.2, 0.25) is 11.8 Å². The number of unbranched alkanes of at least 4 members (excludes halogenated alkanes) is 5. The quantitative estimate of drug-likeness (QED) is 0.438. The molecule has 0 saturated carbocycles. The number of amides is 2. The fraction of sp³-hybridized carbons (Fsp3) is 0.600. The lowest BCUT2D eigenvalue weighted by Crippen LogP contribution is -2.39. The van der Waals surface area contributed by atoms with Gasteiger partial charge in [0, 0.05) is 13.8 Å². The van der Waals surface area contributed by atoms with Crippen LogP contribution in [0, 0.1) is 0 Å². The Kier molecular flexibility index (Phi) is 10.2. The summed E-state index contributed by atoms with van der Waals surface area (Å²) in [7, 11) is 1.57. The van der Waals surface area contributed by atoms with Gasteiger partial charge in [0.05, 0.1) is 13.7 Å². The highest BCUT2D eigenvalue weighted by Crippen LogP contribution is 2.30. The summed E-state index contributed by atoms with van der Waals surface area (Å²) in [5, 5.41) is 5.42. The lowest BCUT2D eigenvalue weighted by atomic mass is 10.1. The van der Waals surface area contributed by atoms with Crippen molar-refractivity contribution < 1.29 is 19.1 Å². The topological polar surface area (TPSA) is 76.7 Å². The van der Waals surface area contributed by atoms with Crippen LogP contribution in [0.15, 0.2) is 18.2 Å². The maximum atomic E-state index is 11.4. The molecule has 0 aromatic heterocycles.